The number of hydrogen-bond donors (Lipinski definition) is 2. The van der Waals surface area contributed by atoms with Gasteiger partial charge in [0.05, 0.1) is 0 Å². The number of carbonyl (C=O) groups is 2. The molecule has 1 aromatic rings. The molecule has 0 bridgehead atoms. The first-order valence-corrected chi connectivity index (χ1v) is 4.65. The number of aromatic amines is 1. The van der Waals surface area contributed by atoms with Crippen LogP contribution in [0.25, 0.3) is 0 Å². The molecule has 1 heterocycles. The van der Waals surface area contributed by atoms with Gasteiger partial charge in [0, 0.05) is 19.3 Å². The number of nitrogens with zero attached hydrogens (tertiary/aromatic N) is 2. The van der Waals surface area contributed by atoms with Crippen molar-refractivity contribution >= 4 is 11.9 Å². The zero-order chi connectivity index (χ0) is 13.0. The molecule has 17 heavy (non-hydrogen) atoms. The number of nitrogens with one attached hydrogen (secondary N) is 1. The number of aliphatic carboxylic acids is 1. The first-order chi connectivity index (χ1) is 7.90. The van der Waals surface area contributed by atoms with E-state index in [9.17, 15) is 19.2 Å². The van der Waals surface area contributed by atoms with Crippen LogP contribution in [0.1, 0.15) is 0 Å². The van der Waals surface area contributed by atoms with Gasteiger partial charge in [-0.3, -0.25) is 23.9 Å². The van der Waals surface area contributed by atoms with Crippen molar-refractivity contribution in [2.24, 2.45) is 0 Å². The SMILES string of the molecule is CN(CC(=O)O)C(=O)Cn1ccc(=O)[nH]c1=O. The van der Waals surface area contributed by atoms with Crippen molar-refractivity contribution in [3.63, 3.8) is 0 Å². The third-order valence-corrected chi connectivity index (χ3v) is 2.00. The van der Waals surface area contributed by atoms with E-state index in [0.717, 1.165) is 15.5 Å². The molecule has 0 aliphatic rings. The van der Waals surface area contributed by atoms with Crippen molar-refractivity contribution in [2.75, 3.05) is 13.6 Å². The number of hydrogen-bond acceptors (Lipinski definition) is 4. The topological polar surface area (TPSA) is 112 Å². The Hall–Kier alpha value is -2.38. The van der Waals surface area contributed by atoms with E-state index >= 15 is 0 Å². The van der Waals surface area contributed by atoms with Gasteiger partial charge in [-0.15, -0.1) is 0 Å². The number of carboxylic acids is 1. The van der Waals surface area contributed by atoms with E-state index in [1.807, 2.05) is 4.98 Å². The number of likely N-dealkylation sites (N-methyl/N-ethyl adjacent to an activating group) is 1. The minimum atomic E-state index is -1.14. The molecule has 0 aromatic carbocycles. The molecular formula is C9H11N3O5. The molecule has 1 rings (SSSR count). The summed E-state index contributed by atoms with van der Waals surface area (Å²) in [6.45, 7) is -0.768. The summed E-state index contributed by atoms with van der Waals surface area (Å²) in [4.78, 5) is 46.8. The smallest absolute Gasteiger partial charge is 0.328 e. The van der Waals surface area contributed by atoms with Crippen molar-refractivity contribution in [2.45, 2.75) is 6.54 Å². The van der Waals surface area contributed by atoms with E-state index in [4.69, 9.17) is 5.11 Å². The Bertz CT molecular complexity index is 544. The average Bonchev–Trinajstić information content (AvgIpc) is 2.21. The largest absolute Gasteiger partial charge is 0.480 e. The quantitative estimate of drug-likeness (QED) is 0.638. The van der Waals surface area contributed by atoms with Gasteiger partial charge in [-0.2, -0.15) is 0 Å². The highest BCUT2D eigenvalue weighted by Crippen LogP contribution is 1.88. The Morgan fingerprint density at radius 2 is 2.12 bits per heavy atom. The van der Waals surface area contributed by atoms with Gasteiger partial charge in [0.1, 0.15) is 13.1 Å². The highest BCUT2D eigenvalue weighted by Gasteiger charge is 2.13. The van der Waals surface area contributed by atoms with Crippen LogP contribution in [0.2, 0.25) is 0 Å². The van der Waals surface area contributed by atoms with E-state index in [-0.39, 0.29) is 6.54 Å². The molecule has 8 heteroatoms. The van der Waals surface area contributed by atoms with E-state index in [1.54, 1.807) is 0 Å². The van der Waals surface area contributed by atoms with Gasteiger partial charge in [0.2, 0.25) is 5.91 Å². The van der Waals surface area contributed by atoms with E-state index in [2.05, 4.69) is 0 Å². The number of aromatic nitrogens is 2. The van der Waals surface area contributed by atoms with Gasteiger partial charge >= 0.3 is 11.7 Å². The van der Waals surface area contributed by atoms with Crippen LogP contribution in [0, 0.1) is 0 Å². The second kappa shape index (κ2) is 5.10. The molecule has 0 aliphatic carbocycles. The molecule has 1 amide bonds. The molecule has 0 aliphatic heterocycles. The van der Waals surface area contributed by atoms with Crippen LogP contribution in [-0.2, 0) is 16.1 Å². The fourth-order valence-corrected chi connectivity index (χ4v) is 1.13. The van der Waals surface area contributed by atoms with Crippen LogP contribution in [0.4, 0.5) is 0 Å². The molecule has 2 N–H and O–H groups in total. The monoisotopic (exact) mass is 241 g/mol. The summed E-state index contributed by atoms with van der Waals surface area (Å²) in [7, 11) is 1.31. The Balaban J connectivity index is 2.78. The second-order valence-corrected chi connectivity index (χ2v) is 3.38. The molecule has 0 unspecified atom stereocenters. The normalized spacial score (nSPS) is 9.94. The third-order valence-electron chi connectivity index (χ3n) is 2.00. The first kappa shape index (κ1) is 12.7. The molecule has 0 spiro atoms. The average molecular weight is 241 g/mol. The standard InChI is InChI=1S/C9H11N3O5/c1-11(5-8(15)16)7(14)4-12-3-2-6(13)10-9(12)17/h2-3H,4-5H2,1H3,(H,15,16)(H,10,13,17). The maximum absolute atomic E-state index is 11.5. The summed E-state index contributed by atoms with van der Waals surface area (Å²) in [5.74, 6) is -1.68. The molecule has 0 saturated heterocycles. The van der Waals surface area contributed by atoms with E-state index in [0.29, 0.717) is 0 Å². The highest BCUT2D eigenvalue weighted by atomic mass is 16.4. The van der Waals surface area contributed by atoms with E-state index in [1.165, 1.54) is 13.2 Å². The number of carboxylic acid groups (broad SMARTS) is 1. The summed E-state index contributed by atoms with van der Waals surface area (Å²) in [5, 5.41) is 8.48. The first-order valence-electron chi connectivity index (χ1n) is 4.65. The van der Waals surface area contributed by atoms with Crippen LogP contribution in [-0.4, -0.2) is 45.0 Å². The van der Waals surface area contributed by atoms with Crippen LogP contribution in [0.5, 0.6) is 0 Å². The molecule has 92 valence electrons. The lowest BCUT2D eigenvalue weighted by atomic mass is 10.4. The van der Waals surface area contributed by atoms with Gasteiger partial charge in [-0.1, -0.05) is 0 Å². The van der Waals surface area contributed by atoms with Crippen molar-refractivity contribution in [1.82, 2.24) is 14.5 Å². The Morgan fingerprint density at radius 3 is 2.65 bits per heavy atom. The molecule has 1 aromatic heterocycles. The van der Waals surface area contributed by atoms with Crippen LogP contribution in [0.15, 0.2) is 21.9 Å². The van der Waals surface area contributed by atoms with Crippen molar-refractivity contribution in [3.05, 3.63) is 33.1 Å². The summed E-state index contributed by atoms with van der Waals surface area (Å²) in [6, 6.07) is 1.10. The lowest BCUT2D eigenvalue weighted by molar-refractivity contribution is -0.143. The van der Waals surface area contributed by atoms with Gasteiger partial charge in [-0.25, -0.2) is 4.79 Å². The molecule has 0 saturated carbocycles. The fraction of sp³-hybridized carbons (Fsp3) is 0.333. The van der Waals surface area contributed by atoms with Gasteiger partial charge in [-0.05, 0) is 0 Å². The lowest BCUT2D eigenvalue weighted by Crippen LogP contribution is -2.38. The van der Waals surface area contributed by atoms with Crippen molar-refractivity contribution in [3.8, 4) is 0 Å². The Morgan fingerprint density at radius 1 is 1.47 bits per heavy atom. The maximum Gasteiger partial charge on any atom is 0.328 e. The molecule has 8 nitrogen and oxygen atoms in total. The maximum atomic E-state index is 11.5. The Kier molecular flexibility index (Phi) is 3.81. The number of amides is 1. The number of rotatable bonds is 4. The molecule has 0 fully saturated rings. The number of H-pyrrole nitrogens is 1. The minimum Gasteiger partial charge on any atom is -0.480 e. The van der Waals surface area contributed by atoms with Crippen LogP contribution in [0.3, 0.4) is 0 Å². The predicted octanol–water partition coefficient (Wildman–Crippen LogP) is -1.92. The fourth-order valence-electron chi connectivity index (χ4n) is 1.13. The predicted molar refractivity (Wildman–Crippen MR) is 56.6 cm³/mol. The van der Waals surface area contributed by atoms with Crippen molar-refractivity contribution in [1.29, 1.82) is 0 Å². The molecule has 0 atom stereocenters. The second-order valence-electron chi connectivity index (χ2n) is 3.38. The summed E-state index contributed by atoms with van der Waals surface area (Å²) in [5.41, 5.74) is -1.27. The van der Waals surface area contributed by atoms with Gasteiger partial charge < -0.3 is 10.0 Å². The Labute approximate surface area is 95.1 Å². The zero-order valence-electron chi connectivity index (χ0n) is 9.04. The van der Waals surface area contributed by atoms with Crippen molar-refractivity contribution < 1.29 is 14.7 Å². The lowest BCUT2D eigenvalue weighted by Gasteiger charge is -2.14. The summed E-state index contributed by atoms with van der Waals surface area (Å²) < 4.78 is 0.988. The molecule has 0 radical (unpaired) electrons. The van der Waals surface area contributed by atoms with Gasteiger partial charge in [0.15, 0.2) is 0 Å². The minimum absolute atomic E-state index is 0.320. The summed E-state index contributed by atoms with van der Waals surface area (Å²) in [6.07, 6.45) is 1.17. The van der Waals surface area contributed by atoms with Gasteiger partial charge in [0.25, 0.3) is 5.56 Å². The van der Waals surface area contributed by atoms with Crippen LogP contribution >= 0.6 is 0 Å². The third kappa shape index (κ3) is 3.59. The van der Waals surface area contributed by atoms with E-state index < -0.39 is 29.7 Å². The zero-order valence-corrected chi connectivity index (χ0v) is 9.04. The van der Waals surface area contributed by atoms with Crippen LogP contribution < -0.4 is 11.2 Å². The highest BCUT2D eigenvalue weighted by molar-refractivity contribution is 5.80. The summed E-state index contributed by atoms with van der Waals surface area (Å²) >= 11 is 0. The molecular weight excluding hydrogens is 230 g/mol. The number of carbonyl (C=O) groups excluding carboxylic acids is 1.